The van der Waals surface area contributed by atoms with Crippen LogP contribution in [0, 0.1) is 11.7 Å². The number of carbonyl (C=O) groups excluding carboxylic acids is 1. The highest BCUT2D eigenvalue weighted by molar-refractivity contribution is 6.42. The molecule has 9 heteroatoms. The first-order chi connectivity index (χ1) is 18.9. The second-order valence-electron chi connectivity index (χ2n) is 9.61. The van der Waals surface area contributed by atoms with E-state index in [0.29, 0.717) is 33.3 Å². The number of halogens is 4. The minimum atomic E-state index is -0.414. The molecule has 0 spiro atoms. The van der Waals surface area contributed by atoms with E-state index in [2.05, 4.69) is 10.6 Å². The summed E-state index contributed by atoms with van der Waals surface area (Å²) in [6.07, 6.45) is 2.82. The Hall–Kier alpha value is -2.77. The highest BCUT2D eigenvalue weighted by Crippen LogP contribution is 2.44. The van der Waals surface area contributed by atoms with E-state index in [0.717, 1.165) is 48.1 Å². The molecule has 0 radical (unpaired) electrons. The zero-order valence-electron chi connectivity index (χ0n) is 21.1. The third-order valence-electron chi connectivity index (χ3n) is 6.89. The van der Waals surface area contributed by atoms with Gasteiger partial charge < -0.3 is 20.1 Å². The first kappa shape index (κ1) is 27.8. The Bertz CT molecular complexity index is 1380. The van der Waals surface area contributed by atoms with Crippen molar-refractivity contribution in [2.24, 2.45) is 5.92 Å². The molecule has 1 aliphatic heterocycles. The van der Waals surface area contributed by atoms with Crippen molar-refractivity contribution in [3.63, 3.8) is 0 Å². The zero-order chi connectivity index (χ0) is 27.4. The topological polar surface area (TPSA) is 59.6 Å². The van der Waals surface area contributed by atoms with E-state index in [1.807, 2.05) is 36.4 Å². The lowest BCUT2D eigenvalue weighted by molar-refractivity contribution is -0.118. The molecular formula is C30H28Cl3FN2O3. The Kier molecular flexibility index (Phi) is 8.98. The highest BCUT2D eigenvalue weighted by atomic mass is 35.5. The van der Waals surface area contributed by atoms with Crippen LogP contribution in [0.25, 0.3) is 5.57 Å². The van der Waals surface area contributed by atoms with Gasteiger partial charge in [0.1, 0.15) is 30.5 Å². The fourth-order valence-electron chi connectivity index (χ4n) is 4.74. The van der Waals surface area contributed by atoms with Crippen LogP contribution >= 0.6 is 34.8 Å². The minimum Gasteiger partial charge on any atom is -0.490 e. The summed E-state index contributed by atoms with van der Waals surface area (Å²) in [5.41, 5.74) is 3.56. The predicted octanol–water partition coefficient (Wildman–Crippen LogP) is 7.26. The molecule has 1 unspecified atom stereocenters. The van der Waals surface area contributed by atoms with Gasteiger partial charge >= 0.3 is 0 Å². The molecule has 5 nitrogen and oxygen atoms in total. The van der Waals surface area contributed by atoms with Crippen molar-refractivity contribution in [2.75, 3.05) is 26.3 Å². The lowest BCUT2D eigenvalue weighted by Crippen LogP contribution is -2.37. The van der Waals surface area contributed by atoms with Crippen molar-refractivity contribution in [1.29, 1.82) is 0 Å². The van der Waals surface area contributed by atoms with Gasteiger partial charge in [0.15, 0.2) is 0 Å². The molecule has 0 saturated heterocycles. The van der Waals surface area contributed by atoms with Crippen LogP contribution in [0.3, 0.4) is 0 Å². The summed E-state index contributed by atoms with van der Waals surface area (Å²) < 4.78 is 24.7. The van der Waals surface area contributed by atoms with Crippen LogP contribution in [0.15, 0.2) is 66.2 Å². The molecule has 1 aliphatic carbocycles. The molecule has 2 aliphatic rings. The van der Waals surface area contributed by atoms with Crippen LogP contribution in [0.4, 0.5) is 4.39 Å². The standard InChI is InChI=1S/C30H28Cl3FN2O3/c31-25-11-8-20(34)16-27(25)39-15-14-38-21-9-6-18(7-10-21)22-12-13-35-17-24(22)30(37)36-29(19-4-5-19)23-2-1-3-26(32)28(23)33/h1-3,6-11,16,19,29,35H,4-5,12-15,17H2,(H,36,37). The van der Waals surface area contributed by atoms with Gasteiger partial charge in [-0.3, -0.25) is 4.79 Å². The molecule has 5 rings (SSSR count). The van der Waals surface area contributed by atoms with Crippen molar-refractivity contribution in [3.05, 3.63) is 98.2 Å². The molecule has 3 aromatic rings. The zero-order valence-corrected chi connectivity index (χ0v) is 23.4. The lowest BCUT2D eigenvalue weighted by atomic mass is 9.93. The molecule has 1 fully saturated rings. The van der Waals surface area contributed by atoms with E-state index in [4.69, 9.17) is 44.3 Å². The quantitative estimate of drug-likeness (QED) is 0.245. The molecule has 2 N–H and O–H groups in total. The summed E-state index contributed by atoms with van der Waals surface area (Å²) in [5.74, 6) is 0.780. The van der Waals surface area contributed by atoms with Gasteiger partial charge in [0.05, 0.1) is 21.1 Å². The van der Waals surface area contributed by atoms with E-state index < -0.39 is 5.82 Å². The summed E-state index contributed by atoms with van der Waals surface area (Å²) >= 11 is 18.8. The molecule has 0 aromatic heterocycles. The van der Waals surface area contributed by atoms with Gasteiger partial charge in [0.25, 0.3) is 0 Å². The number of benzene rings is 3. The Morgan fingerprint density at radius 2 is 1.77 bits per heavy atom. The Labute approximate surface area is 242 Å². The summed E-state index contributed by atoms with van der Waals surface area (Å²) in [6, 6.07) is 17.0. The molecule has 3 aromatic carbocycles. The van der Waals surface area contributed by atoms with E-state index >= 15 is 0 Å². The number of amides is 1. The lowest BCUT2D eigenvalue weighted by Gasteiger charge is -2.25. The number of carbonyl (C=O) groups is 1. The van der Waals surface area contributed by atoms with Crippen LogP contribution < -0.4 is 20.1 Å². The van der Waals surface area contributed by atoms with Crippen LogP contribution in [0.1, 0.15) is 36.4 Å². The third-order valence-corrected chi connectivity index (χ3v) is 8.04. The maximum absolute atomic E-state index is 13.5. The van der Waals surface area contributed by atoms with Crippen molar-refractivity contribution in [2.45, 2.75) is 25.3 Å². The average Bonchev–Trinajstić information content (AvgIpc) is 3.79. The number of hydrogen-bond acceptors (Lipinski definition) is 4. The molecule has 204 valence electrons. The largest absolute Gasteiger partial charge is 0.490 e. The SMILES string of the molecule is O=C(NC(c1cccc(Cl)c1Cl)C1CC1)C1=C(c2ccc(OCCOc3cc(F)ccc3Cl)cc2)CCNC1. The fraction of sp³-hybridized carbons (Fsp3) is 0.300. The molecule has 1 heterocycles. The number of nitrogens with one attached hydrogen (secondary N) is 2. The van der Waals surface area contributed by atoms with E-state index in [1.54, 1.807) is 6.07 Å². The van der Waals surface area contributed by atoms with Crippen LogP contribution in [-0.4, -0.2) is 32.2 Å². The minimum absolute atomic E-state index is 0.0985. The molecule has 1 saturated carbocycles. The van der Waals surface area contributed by atoms with Gasteiger partial charge in [-0.15, -0.1) is 0 Å². The molecular weight excluding hydrogens is 562 g/mol. The van der Waals surface area contributed by atoms with Crippen LogP contribution in [0.2, 0.25) is 15.1 Å². The van der Waals surface area contributed by atoms with Crippen LogP contribution in [0.5, 0.6) is 11.5 Å². The van der Waals surface area contributed by atoms with Crippen molar-refractivity contribution >= 4 is 46.3 Å². The summed E-state index contributed by atoms with van der Waals surface area (Å²) in [4.78, 5) is 13.5. The highest BCUT2D eigenvalue weighted by Gasteiger charge is 2.36. The second kappa shape index (κ2) is 12.6. The molecule has 39 heavy (non-hydrogen) atoms. The summed E-state index contributed by atoms with van der Waals surface area (Å²) in [6.45, 7) is 1.75. The number of ether oxygens (including phenoxy) is 2. The van der Waals surface area contributed by atoms with Gasteiger partial charge in [-0.25, -0.2) is 4.39 Å². The monoisotopic (exact) mass is 588 g/mol. The second-order valence-corrected chi connectivity index (χ2v) is 10.8. The predicted molar refractivity (Wildman–Crippen MR) is 153 cm³/mol. The fourth-order valence-corrected chi connectivity index (χ4v) is 5.34. The van der Waals surface area contributed by atoms with Gasteiger partial charge in [0, 0.05) is 18.2 Å². The molecule has 1 atom stereocenters. The van der Waals surface area contributed by atoms with E-state index in [1.165, 1.54) is 18.2 Å². The Morgan fingerprint density at radius 1 is 1.00 bits per heavy atom. The maximum atomic E-state index is 13.5. The van der Waals surface area contributed by atoms with E-state index in [-0.39, 0.29) is 30.9 Å². The third kappa shape index (κ3) is 6.87. The van der Waals surface area contributed by atoms with Crippen LogP contribution in [-0.2, 0) is 4.79 Å². The summed E-state index contributed by atoms with van der Waals surface area (Å²) in [7, 11) is 0. The van der Waals surface area contributed by atoms with Gasteiger partial charge in [-0.2, -0.15) is 0 Å². The first-order valence-corrected chi connectivity index (χ1v) is 14.0. The first-order valence-electron chi connectivity index (χ1n) is 12.9. The van der Waals surface area contributed by atoms with Crippen molar-refractivity contribution in [3.8, 4) is 11.5 Å². The van der Waals surface area contributed by atoms with Crippen molar-refractivity contribution < 1.29 is 18.7 Å². The van der Waals surface area contributed by atoms with Gasteiger partial charge in [-0.1, -0.05) is 59.1 Å². The Balaban J connectivity index is 1.25. The van der Waals surface area contributed by atoms with Gasteiger partial charge in [0.2, 0.25) is 5.91 Å². The van der Waals surface area contributed by atoms with Gasteiger partial charge in [-0.05, 0) is 78.8 Å². The van der Waals surface area contributed by atoms with Crippen molar-refractivity contribution in [1.82, 2.24) is 10.6 Å². The average molecular weight is 590 g/mol. The summed E-state index contributed by atoms with van der Waals surface area (Å²) in [5, 5.41) is 7.89. The normalized spacial score (nSPS) is 16.1. The number of rotatable bonds is 10. The smallest absolute Gasteiger partial charge is 0.249 e. The maximum Gasteiger partial charge on any atom is 0.249 e. The Morgan fingerprint density at radius 3 is 2.54 bits per heavy atom. The molecule has 0 bridgehead atoms. The molecule has 1 amide bonds. The van der Waals surface area contributed by atoms with E-state index in [9.17, 15) is 9.18 Å². The number of hydrogen-bond donors (Lipinski definition) is 2.